The minimum absolute atomic E-state index is 0.0561. The molecule has 2 aliphatic heterocycles. The molecule has 5 rings (SSSR count). The monoisotopic (exact) mass is 893 g/mol. The fourth-order valence-electron chi connectivity index (χ4n) is 14.6. The average Bonchev–Trinajstić information content (AvgIpc) is 3.23. The molecule has 9 heteroatoms. The van der Waals surface area contributed by atoms with Crippen LogP contribution >= 0.6 is 7.26 Å². The number of ether oxygens (including phenoxy) is 3. The van der Waals surface area contributed by atoms with Gasteiger partial charge in [-0.2, -0.15) is 0 Å². The molecular weight excluding hydrogens is 792 g/mol. The second-order valence-corrected chi connectivity index (χ2v) is 28.5. The first-order chi connectivity index (χ1) is 29.5. The van der Waals surface area contributed by atoms with E-state index in [4.69, 9.17) is 14.2 Å². The van der Waals surface area contributed by atoms with Gasteiger partial charge >= 0.3 is 274 Å². The van der Waals surface area contributed by atoms with Gasteiger partial charge in [-0.15, -0.1) is 0 Å². The van der Waals surface area contributed by atoms with Crippen LogP contribution in [0.4, 0.5) is 0 Å². The summed E-state index contributed by atoms with van der Waals surface area (Å²) in [6, 6.07) is 0.422. The zero-order valence-electron chi connectivity index (χ0n) is 42.1. The molecule has 3 aliphatic carbocycles. The molecule has 5 fully saturated rings. The van der Waals surface area contributed by atoms with Gasteiger partial charge in [-0.25, -0.2) is 0 Å². The number of aliphatic hydroxyl groups is 2. The summed E-state index contributed by atoms with van der Waals surface area (Å²) in [5.41, 5.74) is 0.970. The maximum absolute atomic E-state index is 13.8. The van der Waals surface area contributed by atoms with E-state index in [2.05, 4.69) is 51.6 Å². The van der Waals surface area contributed by atoms with Crippen molar-refractivity contribution in [1.82, 2.24) is 9.80 Å². The van der Waals surface area contributed by atoms with E-state index in [1.807, 2.05) is 27.7 Å². The van der Waals surface area contributed by atoms with Crippen LogP contribution in [0.2, 0.25) is 0 Å². The third-order valence-corrected chi connectivity index (χ3v) is 25.1. The Bertz CT molecular complexity index is 1250. The Balaban J connectivity index is 1.30. The molecule has 0 aromatic heterocycles. The van der Waals surface area contributed by atoms with Gasteiger partial charge in [-0.1, -0.05) is 20.8 Å². The molecular formula is C53H101N2O6P. The summed E-state index contributed by atoms with van der Waals surface area (Å²) in [7, 11) is 2.78. The van der Waals surface area contributed by atoms with Gasteiger partial charge in [0.2, 0.25) is 0 Å². The van der Waals surface area contributed by atoms with Gasteiger partial charge in [0, 0.05) is 12.5 Å². The molecule has 0 unspecified atom stereocenters. The van der Waals surface area contributed by atoms with Crippen LogP contribution in [0.25, 0.3) is 0 Å². The van der Waals surface area contributed by atoms with Crippen LogP contribution in [0, 0.1) is 17.8 Å². The van der Waals surface area contributed by atoms with Crippen LogP contribution in [-0.2, 0) is 19.0 Å². The summed E-state index contributed by atoms with van der Waals surface area (Å²) in [6.45, 7) is 18.3. The first-order valence-electron chi connectivity index (χ1n) is 26.8. The molecule has 0 aromatic rings. The predicted octanol–water partition coefficient (Wildman–Crippen LogP) is 11.7. The normalized spacial score (nSPS) is 38.3. The van der Waals surface area contributed by atoms with Gasteiger partial charge in [0.1, 0.15) is 0 Å². The van der Waals surface area contributed by atoms with Gasteiger partial charge in [-0.3, -0.25) is 4.79 Å². The molecule has 0 amide bonds. The molecule has 364 valence electrons. The number of unbranched alkanes of at least 4 members (excludes halogenated alkanes) is 3. The molecule has 2 saturated heterocycles. The number of nitrogens with zero attached hydrogens (tertiary/aromatic N) is 2. The standard InChI is InChI=1S/C53H101N2O6P/c1-11-48-52(7,57)37-42(5)55(31-23-12-13-24-32-62(45-25-17-14-18-26-45,46-27-19-15-20-28-46)47-29-21-16-22-30-47)38-39(2)36-53(8,58)50(40(3)33-41(4)51(56)60-48)61-49-35-44(54(9)10)34-43(6)59-49/h39-50,57-58,62H,11-38H2,1-10H3/t39-,40+,41-,42-,43-,44+,48-,49+,50-,52+,53-/m1/s1. The summed E-state index contributed by atoms with van der Waals surface area (Å²) >= 11 is 0. The Morgan fingerprint density at radius 1 is 0.742 bits per heavy atom. The molecule has 2 N–H and O–H groups in total. The van der Waals surface area contributed by atoms with Gasteiger partial charge in [0.05, 0.1) is 12.0 Å². The van der Waals surface area contributed by atoms with E-state index in [-0.39, 0.29) is 30.0 Å². The quantitative estimate of drug-likeness (QED) is 0.101. The van der Waals surface area contributed by atoms with Crippen LogP contribution in [0.3, 0.4) is 0 Å². The summed E-state index contributed by atoms with van der Waals surface area (Å²) in [6.07, 6.45) is 31.8. The molecule has 8 nitrogen and oxygen atoms in total. The van der Waals surface area contributed by atoms with Crippen molar-refractivity contribution in [2.45, 2.75) is 281 Å². The van der Waals surface area contributed by atoms with Crippen molar-refractivity contribution in [3.05, 3.63) is 0 Å². The average molecular weight is 893 g/mol. The number of rotatable bonds is 14. The molecule has 3 saturated carbocycles. The first-order valence-corrected chi connectivity index (χ1v) is 29.3. The minimum atomic E-state index is -1.45. The van der Waals surface area contributed by atoms with E-state index in [0.29, 0.717) is 31.7 Å². The summed E-state index contributed by atoms with van der Waals surface area (Å²) < 4.78 is 19.5. The fraction of sp³-hybridized carbons (Fsp3) is 0.981. The number of carbonyl (C=O) groups is 1. The summed E-state index contributed by atoms with van der Waals surface area (Å²) in [5.74, 6) is -0.634. The van der Waals surface area contributed by atoms with Crippen molar-refractivity contribution in [2.24, 2.45) is 17.8 Å². The molecule has 0 aromatic carbocycles. The Labute approximate surface area is 382 Å². The fourth-order valence-corrected chi connectivity index (χ4v) is 23.1. The zero-order valence-corrected chi connectivity index (χ0v) is 43.1. The topological polar surface area (TPSA) is 91.7 Å². The maximum atomic E-state index is 13.8. The van der Waals surface area contributed by atoms with Crippen molar-refractivity contribution < 1.29 is 29.2 Å². The van der Waals surface area contributed by atoms with Crippen LogP contribution in [0.1, 0.15) is 216 Å². The second-order valence-electron chi connectivity index (χ2n) is 23.3. The van der Waals surface area contributed by atoms with Crippen molar-refractivity contribution in [1.29, 1.82) is 0 Å². The summed E-state index contributed by atoms with van der Waals surface area (Å²) in [4.78, 5) is 18.6. The van der Waals surface area contributed by atoms with Gasteiger partial charge in [0.15, 0.2) is 6.29 Å². The van der Waals surface area contributed by atoms with Crippen molar-refractivity contribution in [3.63, 3.8) is 0 Å². The Hall–Kier alpha value is -0.340. The molecule has 11 atom stereocenters. The Morgan fingerprint density at radius 2 is 1.29 bits per heavy atom. The first kappa shape index (κ1) is 52.6. The zero-order chi connectivity index (χ0) is 45.1. The Morgan fingerprint density at radius 3 is 1.82 bits per heavy atom. The number of carbonyl (C=O) groups excluding carboxylic acids is 1. The molecule has 2 heterocycles. The molecule has 0 bridgehead atoms. The van der Waals surface area contributed by atoms with Crippen LogP contribution in [-0.4, -0.2) is 124 Å². The van der Waals surface area contributed by atoms with E-state index >= 15 is 0 Å². The third kappa shape index (κ3) is 14.3. The van der Waals surface area contributed by atoms with E-state index < -0.39 is 42.9 Å². The van der Waals surface area contributed by atoms with Crippen LogP contribution in [0.15, 0.2) is 0 Å². The van der Waals surface area contributed by atoms with E-state index in [9.17, 15) is 15.0 Å². The van der Waals surface area contributed by atoms with Crippen molar-refractivity contribution in [3.8, 4) is 0 Å². The van der Waals surface area contributed by atoms with Crippen LogP contribution < -0.4 is 0 Å². The Kier molecular flexibility index (Phi) is 20.9. The van der Waals surface area contributed by atoms with Gasteiger partial charge in [0.25, 0.3) is 0 Å². The molecule has 62 heavy (non-hydrogen) atoms. The van der Waals surface area contributed by atoms with E-state index in [0.717, 1.165) is 49.3 Å². The molecule has 0 spiro atoms. The molecule has 0 radical (unpaired) electrons. The van der Waals surface area contributed by atoms with E-state index in [1.54, 1.807) is 44.7 Å². The predicted molar refractivity (Wildman–Crippen MR) is 262 cm³/mol. The van der Waals surface area contributed by atoms with Gasteiger partial charge < -0.3 is 14.4 Å². The van der Waals surface area contributed by atoms with Crippen molar-refractivity contribution >= 4 is 13.2 Å². The number of esters is 1. The molecule has 5 aliphatic rings. The number of cyclic esters (lactones) is 1. The third-order valence-electron chi connectivity index (χ3n) is 17.6. The van der Waals surface area contributed by atoms with E-state index in [1.165, 1.54) is 77.0 Å². The second kappa shape index (κ2) is 24.6. The van der Waals surface area contributed by atoms with Crippen molar-refractivity contribution in [2.75, 3.05) is 33.3 Å². The SMILES string of the molecule is CC[C@H]1OC(=O)[C@H](C)C[C@H](C)[C@@H](O[C@H]2C[C@@H](N(C)C)C[C@@H](C)O2)[C@](C)(O)C[C@@H](C)CN(CCCCCC[PH](C2CCCCC2)(C2CCCCC2)C2CCCCC2)[C@H](C)C[C@]1(C)O. The van der Waals surface area contributed by atoms with Crippen LogP contribution in [0.5, 0.6) is 0 Å². The summed E-state index contributed by atoms with van der Waals surface area (Å²) in [5, 5.41) is 24.6. The number of hydrogen-bond donors (Lipinski definition) is 2. The van der Waals surface area contributed by atoms with Gasteiger partial charge in [-0.05, 0) is 39.8 Å². The number of hydrogen-bond acceptors (Lipinski definition) is 8.